The van der Waals surface area contributed by atoms with Crippen molar-refractivity contribution >= 4 is 24.8 Å². The fourth-order valence-electron chi connectivity index (χ4n) is 4.72. The number of halogens is 2. The highest BCUT2D eigenvalue weighted by atomic mass is 35.5. The van der Waals surface area contributed by atoms with Gasteiger partial charge in [0.05, 0.1) is 0 Å². The first-order valence-corrected chi connectivity index (χ1v) is 10.6. The van der Waals surface area contributed by atoms with Crippen LogP contribution in [0.5, 0.6) is 5.75 Å². The molecule has 2 aromatic rings. The molecule has 2 aromatic carbocycles. The third kappa shape index (κ3) is 6.62. The van der Waals surface area contributed by atoms with Gasteiger partial charge in [-0.1, -0.05) is 61.7 Å². The Labute approximate surface area is 188 Å². The van der Waals surface area contributed by atoms with Crippen LogP contribution >= 0.6 is 24.8 Å². The summed E-state index contributed by atoms with van der Waals surface area (Å²) < 4.78 is 6.13. The van der Waals surface area contributed by atoms with Crippen LogP contribution in [0.1, 0.15) is 49.3 Å². The fraction of sp³-hybridized carbons (Fsp3) is 0.500. The van der Waals surface area contributed by atoms with Gasteiger partial charge in [-0.05, 0) is 42.0 Å². The molecule has 0 aromatic heterocycles. The van der Waals surface area contributed by atoms with Gasteiger partial charge >= 0.3 is 0 Å². The molecule has 0 bridgehead atoms. The molecule has 160 valence electrons. The highest BCUT2D eigenvalue weighted by Gasteiger charge is 2.31. The van der Waals surface area contributed by atoms with E-state index in [0.717, 1.165) is 37.8 Å². The maximum atomic E-state index is 6.13. The average molecular weight is 437 g/mol. The lowest BCUT2D eigenvalue weighted by Crippen LogP contribution is -2.47. The van der Waals surface area contributed by atoms with Crippen LogP contribution in [0.15, 0.2) is 54.6 Å². The van der Waals surface area contributed by atoms with Gasteiger partial charge in [0.15, 0.2) is 0 Å². The summed E-state index contributed by atoms with van der Waals surface area (Å²) >= 11 is 0. The van der Waals surface area contributed by atoms with Crippen LogP contribution in [0, 0.1) is 5.92 Å². The minimum absolute atomic E-state index is 0. The number of ether oxygens (including phenoxy) is 1. The lowest BCUT2D eigenvalue weighted by atomic mass is 9.80. The zero-order valence-corrected chi connectivity index (χ0v) is 18.7. The van der Waals surface area contributed by atoms with Gasteiger partial charge in [-0.2, -0.15) is 0 Å². The van der Waals surface area contributed by atoms with Gasteiger partial charge in [0.2, 0.25) is 0 Å². The Morgan fingerprint density at radius 1 is 0.897 bits per heavy atom. The van der Waals surface area contributed by atoms with Gasteiger partial charge in [0, 0.05) is 32.2 Å². The topological polar surface area (TPSA) is 24.5 Å². The van der Waals surface area contributed by atoms with Crippen LogP contribution in [0.25, 0.3) is 0 Å². The van der Waals surface area contributed by atoms with E-state index < -0.39 is 0 Å². The van der Waals surface area contributed by atoms with Crippen LogP contribution in [0.3, 0.4) is 0 Å². The van der Waals surface area contributed by atoms with E-state index in [9.17, 15) is 0 Å². The molecular weight excluding hydrogens is 403 g/mol. The summed E-state index contributed by atoms with van der Waals surface area (Å²) in [4.78, 5) is 2.71. The van der Waals surface area contributed by atoms with E-state index in [0.29, 0.717) is 12.6 Å². The first-order valence-electron chi connectivity index (χ1n) is 10.6. The quantitative estimate of drug-likeness (QED) is 0.634. The highest BCUT2D eigenvalue weighted by Crippen LogP contribution is 2.39. The van der Waals surface area contributed by atoms with Crippen molar-refractivity contribution in [3.8, 4) is 5.75 Å². The van der Waals surface area contributed by atoms with Crippen molar-refractivity contribution in [1.29, 1.82) is 0 Å². The van der Waals surface area contributed by atoms with E-state index in [-0.39, 0.29) is 24.8 Å². The molecule has 1 aliphatic heterocycles. The maximum absolute atomic E-state index is 6.13. The van der Waals surface area contributed by atoms with E-state index in [1.54, 1.807) is 0 Å². The van der Waals surface area contributed by atoms with Crippen molar-refractivity contribution < 1.29 is 4.74 Å². The monoisotopic (exact) mass is 436 g/mol. The third-order valence-electron chi connectivity index (χ3n) is 6.09. The van der Waals surface area contributed by atoms with Crippen LogP contribution in [0.4, 0.5) is 0 Å². The molecule has 2 aliphatic rings. The largest absolute Gasteiger partial charge is 0.489 e. The average Bonchev–Trinajstić information content (AvgIpc) is 2.75. The molecule has 1 saturated carbocycles. The first kappa shape index (κ1) is 24.0. The minimum atomic E-state index is 0. The third-order valence-corrected chi connectivity index (χ3v) is 6.09. The second-order valence-electron chi connectivity index (χ2n) is 7.98. The van der Waals surface area contributed by atoms with Gasteiger partial charge in [-0.3, -0.25) is 4.90 Å². The summed E-state index contributed by atoms with van der Waals surface area (Å²) in [6.07, 6.45) is 6.91. The predicted octanol–water partition coefficient (Wildman–Crippen LogP) is 5.64. The Morgan fingerprint density at radius 2 is 1.62 bits per heavy atom. The minimum Gasteiger partial charge on any atom is -0.489 e. The smallest absolute Gasteiger partial charge is 0.120 e. The van der Waals surface area contributed by atoms with E-state index in [4.69, 9.17) is 4.74 Å². The predicted molar refractivity (Wildman–Crippen MR) is 125 cm³/mol. The van der Waals surface area contributed by atoms with E-state index in [2.05, 4.69) is 58.7 Å². The second-order valence-corrected chi connectivity index (χ2v) is 7.98. The van der Waals surface area contributed by atoms with Gasteiger partial charge in [-0.15, -0.1) is 24.8 Å². The number of hydrogen-bond donors (Lipinski definition) is 1. The van der Waals surface area contributed by atoms with Crippen LogP contribution in [-0.2, 0) is 6.61 Å². The molecule has 1 heterocycles. The van der Waals surface area contributed by atoms with Crippen LogP contribution < -0.4 is 10.1 Å². The Kier molecular flexibility index (Phi) is 10.3. The summed E-state index contributed by atoms with van der Waals surface area (Å²) in [5, 5.41) is 3.51. The molecule has 1 N–H and O–H groups in total. The molecule has 1 aliphatic carbocycles. The van der Waals surface area contributed by atoms with E-state index >= 15 is 0 Å². The number of nitrogens with zero attached hydrogens (tertiary/aromatic N) is 1. The van der Waals surface area contributed by atoms with Crippen molar-refractivity contribution in [2.45, 2.75) is 44.8 Å². The molecule has 3 nitrogen and oxygen atoms in total. The molecule has 1 saturated heterocycles. The van der Waals surface area contributed by atoms with Crippen LogP contribution in [-0.4, -0.2) is 31.1 Å². The second kappa shape index (κ2) is 12.4. The zero-order valence-electron chi connectivity index (χ0n) is 17.1. The standard InChI is InChI=1S/C24H32N2O.2ClH/c1-3-8-20(9-4-1)19-27-23-13-7-12-22(18-23)24(21-10-5-2-6-11-21)26-16-14-25-15-17-26;;/h1,3-4,7-9,12-13,18,21,24-25H,2,5-6,10-11,14-17,19H2;2*1H/t24-;;/m1../s1. The summed E-state index contributed by atoms with van der Waals surface area (Å²) in [5.41, 5.74) is 2.66. The summed E-state index contributed by atoms with van der Waals surface area (Å²) in [7, 11) is 0. The lowest BCUT2D eigenvalue weighted by Gasteiger charge is -2.41. The molecular formula is C24H34Cl2N2O. The van der Waals surface area contributed by atoms with Crippen molar-refractivity contribution in [3.63, 3.8) is 0 Å². The van der Waals surface area contributed by atoms with E-state index in [1.165, 1.54) is 43.2 Å². The van der Waals surface area contributed by atoms with Gasteiger partial charge in [-0.25, -0.2) is 0 Å². The Hall–Kier alpha value is -1.26. The molecule has 0 amide bonds. The molecule has 5 heteroatoms. The Bertz CT molecular complexity index is 683. The fourth-order valence-corrected chi connectivity index (χ4v) is 4.72. The summed E-state index contributed by atoms with van der Waals surface area (Å²) in [6.45, 7) is 5.14. The molecule has 0 spiro atoms. The number of nitrogens with one attached hydrogen (secondary N) is 1. The number of piperazine rings is 1. The van der Waals surface area contributed by atoms with Crippen molar-refractivity contribution in [1.82, 2.24) is 10.2 Å². The number of benzene rings is 2. The Balaban J connectivity index is 0.00000150. The molecule has 4 rings (SSSR count). The molecule has 2 fully saturated rings. The van der Waals surface area contributed by atoms with Gasteiger partial charge in [0.1, 0.15) is 12.4 Å². The number of rotatable bonds is 6. The van der Waals surface area contributed by atoms with Gasteiger partial charge in [0.25, 0.3) is 0 Å². The van der Waals surface area contributed by atoms with E-state index in [1.807, 2.05) is 6.07 Å². The van der Waals surface area contributed by atoms with Crippen molar-refractivity contribution in [3.05, 3.63) is 65.7 Å². The summed E-state index contributed by atoms with van der Waals surface area (Å²) in [5.74, 6) is 1.77. The normalized spacial score (nSPS) is 18.9. The van der Waals surface area contributed by atoms with Crippen molar-refractivity contribution in [2.75, 3.05) is 26.2 Å². The first-order chi connectivity index (χ1) is 13.4. The maximum Gasteiger partial charge on any atom is 0.120 e. The van der Waals surface area contributed by atoms with Crippen LogP contribution in [0.2, 0.25) is 0 Å². The molecule has 0 radical (unpaired) electrons. The van der Waals surface area contributed by atoms with Gasteiger partial charge < -0.3 is 10.1 Å². The molecule has 1 atom stereocenters. The SMILES string of the molecule is Cl.Cl.c1ccc(COc2cccc([C@@H](C3CCCCC3)N3CCNCC3)c2)cc1. The Morgan fingerprint density at radius 3 is 2.34 bits per heavy atom. The molecule has 29 heavy (non-hydrogen) atoms. The zero-order chi connectivity index (χ0) is 18.3. The molecule has 0 unspecified atom stereocenters. The van der Waals surface area contributed by atoms with Crippen molar-refractivity contribution in [2.24, 2.45) is 5.92 Å². The lowest BCUT2D eigenvalue weighted by molar-refractivity contribution is 0.103. The number of hydrogen-bond acceptors (Lipinski definition) is 3. The highest BCUT2D eigenvalue weighted by molar-refractivity contribution is 5.85. The summed E-state index contributed by atoms with van der Waals surface area (Å²) in [6, 6.07) is 19.8.